The van der Waals surface area contributed by atoms with E-state index in [0.29, 0.717) is 5.58 Å². The van der Waals surface area contributed by atoms with Crippen molar-refractivity contribution >= 4 is 11.0 Å². The zero-order chi connectivity index (χ0) is 11.0. The van der Waals surface area contributed by atoms with Crippen LogP contribution in [0.3, 0.4) is 0 Å². The highest BCUT2D eigenvalue weighted by Gasteiger charge is 2.08. The van der Waals surface area contributed by atoms with Gasteiger partial charge in [-0.15, -0.1) is 0 Å². The van der Waals surface area contributed by atoms with Gasteiger partial charge in [-0.2, -0.15) is 0 Å². The normalized spacial score (nSPS) is 10.8. The highest BCUT2D eigenvalue weighted by atomic mass is 16.4. The molecular formula is C14H10O2. The summed E-state index contributed by atoms with van der Waals surface area (Å²) < 4.78 is 5.63. The number of furan rings is 1. The topological polar surface area (TPSA) is 33.4 Å². The third kappa shape index (κ3) is 1.36. The van der Waals surface area contributed by atoms with E-state index in [9.17, 15) is 5.11 Å². The van der Waals surface area contributed by atoms with Gasteiger partial charge in [0, 0.05) is 10.9 Å². The zero-order valence-electron chi connectivity index (χ0n) is 8.55. The number of hydrogen-bond donors (Lipinski definition) is 1. The maximum atomic E-state index is 9.64. The lowest BCUT2D eigenvalue weighted by atomic mass is 10.1. The number of fused-ring (bicyclic) bond motifs is 1. The van der Waals surface area contributed by atoms with Crippen molar-refractivity contribution in [1.82, 2.24) is 0 Å². The van der Waals surface area contributed by atoms with Crippen molar-refractivity contribution in [3.05, 3.63) is 54.6 Å². The Hall–Kier alpha value is -2.22. The molecule has 0 unspecified atom stereocenters. The number of phenols is 1. The molecule has 0 atom stereocenters. The molecule has 0 radical (unpaired) electrons. The molecule has 0 bridgehead atoms. The summed E-state index contributed by atoms with van der Waals surface area (Å²) in [6.45, 7) is 0. The van der Waals surface area contributed by atoms with Gasteiger partial charge in [0.25, 0.3) is 0 Å². The van der Waals surface area contributed by atoms with Gasteiger partial charge < -0.3 is 9.52 Å². The van der Waals surface area contributed by atoms with Crippen LogP contribution in [0.1, 0.15) is 0 Å². The summed E-state index contributed by atoms with van der Waals surface area (Å²) in [5.74, 6) is 0.955. The van der Waals surface area contributed by atoms with Crippen molar-refractivity contribution < 1.29 is 9.52 Å². The SMILES string of the molecule is Oc1cccc2cc(-c3ccccc3)oc12. The lowest BCUT2D eigenvalue weighted by molar-refractivity contribution is 0.466. The minimum absolute atomic E-state index is 0.180. The molecule has 78 valence electrons. The van der Waals surface area contributed by atoms with Gasteiger partial charge in [-0.1, -0.05) is 42.5 Å². The molecule has 16 heavy (non-hydrogen) atoms. The minimum atomic E-state index is 0.180. The van der Waals surface area contributed by atoms with Crippen LogP contribution in [0, 0.1) is 0 Å². The van der Waals surface area contributed by atoms with E-state index in [1.165, 1.54) is 0 Å². The Kier molecular flexibility index (Phi) is 1.93. The molecule has 2 aromatic carbocycles. The molecular weight excluding hydrogens is 200 g/mol. The third-order valence-electron chi connectivity index (χ3n) is 2.58. The average molecular weight is 210 g/mol. The van der Waals surface area contributed by atoms with Gasteiger partial charge in [-0.3, -0.25) is 0 Å². The summed E-state index contributed by atoms with van der Waals surface area (Å²) in [6, 6.07) is 17.1. The van der Waals surface area contributed by atoms with Crippen molar-refractivity contribution in [2.24, 2.45) is 0 Å². The molecule has 0 spiro atoms. The Labute approximate surface area is 92.8 Å². The van der Waals surface area contributed by atoms with Crippen LogP contribution in [-0.4, -0.2) is 5.11 Å². The van der Waals surface area contributed by atoms with E-state index in [1.54, 1.807) is 6.07 Å². The van der Waals surface area contributed by atoms with Gasteiger partial charge in [-0.25, -0.2) is 0 Å². The van der Waals surface area contributed by atoms with Crippen LogP contribution in [0.2, 0.25) is 0 Å². The highest BCUT2D eigenvalue weighted by molar-refractivity contribution is 5.87. The summed E-state index contributed by atoms with van der Waals surface area (Å²) in [6.07, 6.45) is 0. The first kappa shape index (κ1) is 9.04. The molecule has 2 nitrogen and oxygen atoms in total. The van der Waals surface area contributed by atoms with Crippen molar-refractivity contribution in [1.29, 1.82) is 0 Å². The van der Waals surface area contributed by atoms with Gasteiger partial charge in [0.1, 0.15) is 5.76 Å². The largest absolute Gasteiger partial charge is 0.504 e. The van der Waals surface area contributed by atoms with Crippen LogP contribution in [0.5, 0.6) is 5.75 Å². The fourth-order valence-electron chi connectivity index (χ4n) is 1.79. The molecule has 0 fully saturated rings. The minimum Gasteiger partial charge on any atom is -0.504 e. The summed E-state index contributed by atoms with van der Waals surface area (Å²) >= 11 is 0. The first-order valence-corrected chi connectivity index (χ1v) is 5.11. The Morgan fingerprint density at radius 3 is 2.44 bits per heavy atom. The molecule has 3 aromatic rings. The Balaban J connectivity index is 2.23. The molecule has 0 aliphatic rings. The van der Waals surface area contributed by atoms with Crippen molar-refractivity contribution in [2.45, 2.75) is 0 Å². The van der Waals surface area contributed by atoms with Crippen molar-refractivity contribution in [3.8, 4) is 17.1 Å². The Morgan fingerprint density at radius 1 is 0.875 bits per heavy atom. The van der Waals surface area contributed by atoms with E-state index in [-0.39, 0.29) is 5.75 Å². The summed E-state index contributed by atoms with van der Waals surface area (Å²) in [5, 5.41) is 10.6. The van der Waals surface area contributed by atoms with Gasteiger partial charge >= 0.3 is 0 Å². The van der Waals surface area contributed by atoms with Crippen LogP contribution in [0.15, 0.2) is 59.0 Å². The number of rotatable bonds is 1. The second-order valence-corrected chi connectivity index (χ2v) is 3.67. The molecule has 2 heteroatoms. The molecule has 0 aliphatic heterocycles. The smallest absolute Gasteiger partial charge is 0.176 e. The Morgan fingerprint density at radius 2 is 1.69 bits per heavy atom. The number of hydrogen-bond acceptors (Lipinski definition) is 2. The second kappa shape index (κ2) is 3.42. The number of aromatic hydroxyl groups is 1. The molecule has 3 rings (SSSR count). The maximum Gasteiger partial charge on any atom is 0.176 e. The molecule has 1 heterocycles. The van der Waals surface area contributed by atoms with Crippen LogP contribution in [-0.2, 0) is 0 Å². The van der Waals surface area contributed by atoms with E-state index >= 15 is 0 Å². The van der Waals surface area contributed by atoms with Gasteiger partial charge in [0.15, 0.2) is 11.3 Å². The monoisotopic (exact) mass is 210 g/mol. The number of phenolic OH excluding ortho intramolecular Hbond substituents is 1. The Bertz CT molecular complexity index is 624. The quantitative estimate of drug-likeness (QED) is 0.662. The summed E-state index contributed by atoms with van der Waals surface area (Å²) in [7, 11) is 0. The van der Waals surface area contributed by atoms with Gasteiger partial charge in [-0.05, 0) is 12.1 Å². The van der Waals surface area contributed by atoms with E-state index in [2.05, 4.69) is 0 Å². The first-order chi connectivity index (χ1) is 7.84. The summed E-state index contributed by atoms with van der Waals surface area (Å²) in [5.41, 5.74) is 1.56. The molecule has 0 saturated carbocycles. The van der Waals surface area contributed by atoms with E-state index in [1.807, 2.05) is 48.5 Å². The third-order valence-corrected chi connectivity index (χ3v) is 2.58. The molecule has 1 aromatic heterocycles. The van der Waals surface area contributed by atoms with Crippen molar-refractivity contribution in [3.63, 3.8) is 0 Å². The molecule has 0 aliphatic carbocycles. The highest BCUT2D eigenvalue weighted by Crippen LogP contribution is 2.32. The van der Waals surface area contributed by atoms with Crippen LogP contribution < -0.4 is 0 Å². The molecule has 0 saturated heterocycles. The number of para-hydroxylation sites is 1. The standard InChI is InChI=1S/C14H10O2/c15-12-8-4-7-11-9-13(16-14(11)12)10-5-2-1-3-6-10/h1-9,15H. The van der Waals surface area contributed by atoms with Crippen molar-refractivity contribution in [2.75, 3.05) is 0 Å². The number of benzene rings is 2. The van der Waals surface area contributed by atoms with Gasteiger partial charge in [0.2, 0.25) is 0 Å². The fraction of sp³-hybridized carbons (Fsp3) is 0. The molecule has 0 amide bonds. The second-order valence-electron chi connectivity index (χ2n) is 3.67. The predicted molar refractivity (Wildman–Crippen MR) is 63.3 cm³/mol. The average Bonchev–Trinajstić information content (AvgIpc) is 2.76. The summed E-state index contributed by atoms with van der Waals surface area (Å²) in [4.78, 5) is 0. The van der Waals surface area contributed by atoms with Crippen LogP contribution in [0.4, 0.5) is 0 Å². The predicted octanol–water partition coefficient (Wildman–Crippen LogP) is 3.81. The van der Waals surface area contributed by atoms with Crippen LogP contribution in [0.25, 0.3) is 22.3 Å². The fourth-order valence-corrected chi connectivity index (χ4v) is 1.79. The van der Waals surface area contributed by atoms with Gasteiger partial charge in [0.05, 0.1) is 0 Å². The van der Waals surface area contributed by atoms with E-state index in [4.69, 9.17) is 4.42 Å². The first-order valence-electron chi connectivity index (χ1n) is 5.11. The zero-order valence-corrected chi connectivity index (χ0v) is 8.55. The lowest BCUT2D eigenvalue weighted by Gasteiger charge is -1.94. The maximum absolute atomic E-state index is 9.64. The lowest BCUT2D eigenvalue weighted by Crippen LogP contribution is -1.69. The van der Waals surface area contributed by atoms with E-state index in [0.717, 1.165) is 16.7 Å². The van der Waals surface area contributed by atoms with E-state index < -0.39 is 0 Å². The van der Waals surface area contributed by atoms with Crippen LogP contribution >= 0.6 is 0 Å². The molecule has 1 N–H and O–H groups in total.